The number of benzene rings is 1. The highest BCUT2D eigenvalue weighted by molar-refractivity contribution is 5.90. The molecule has 1 heterocycles. The van der Waals surface area contributed by atoms with Crippen molar-refractivity contribution in [3.05, 3.63) is 29.3 Å². The van der Waals surface area contributed by atoms with Crippen molar-refractivity contribution in [3.63, 3.8) is 0 Å². The van der Waals surface area contributed by atoms with Crippen molar-refractivity contribution >= 4 is 11.8 Å². The van der Waals surface area contributed by atoms with Crippen LogP contribution in [0, 0.1) is 13.8 Å². The molecule has 0 saturated carbocycles. The number of hydrogen-bond donors (Lipinski definition) is 1. The van der Waals surface area contributed by atoms with E-state index in [9.17, 15) is 4.79 Å². The summed E-state index contributed by atoms with van der Waals surface area (Å²) in [5, 5.41) is 0. The molecule has 1 fully saturated rings. The molecule has 1 unspecified atom stereocenters. The molecule has 0 aromatic heterocycles. The van der Waals surface area contributed by atoms with Crippen LogP contribution in [0.15, 0.2) is 18.2 Å². The number of nitrogens with zero attached hydrogens (tertiary/aromatic N) is 1. The maximum Gasteiger partial charge on any atom is 0.415 e. The summed E-state index contributed by atoms with van der Waals surface area (Å²) in [7, 11) is 0. The van der Waals surface area contributed by atoms with Crippen molar-refractivity contribution in [3.8, 4) is 0 Å². The van der Waals surface area contributed by atoms with Gasteiger partial charge in [0.1, 0.15) is 5.60 Å². The molecule has 1 amide bonds. The zero-order valence-corrected chi connectivity index (χ0v) is 11.2. The number of carbonyl (C=O) groups is 1. The Labute approximate surface area is 108 Å². The first-order valence-electron chi connectivity index (χ1n) is 6.23. The summed E-state index contributed by atoms with van der Waals surface area (Å²) in [6, 6.07) is 6.00. The van der Waals surface area contributed by atoms with Gasteiger partial charge in [0.25, 0.3) is 0 Å². The van der Waals surface area contributed by atoms with E-state index >= 15 is 0 Å². The predicted molar refractivity (Wildman–Crippen MR) is 71.8 cm³/mol. The summed E-state index contributed by atoms with van der Waals surface area (Å²) in [6.07, 6.45) is 0.397. The molecule has 4 nitrogen and oxygen atoms in total. The zero-order chi connectivity index (χ0) is 13.3. The van der Waals surface area contributed by atoms with Crippen LogP contribution in [0.4, 0.5) is 10.5 Å². The van der Waals surface area contributed by atoms with Gasteiger partial charge in [-0.15, -0.1) is 0 Å². The molecule has 1 saturated heterocycles. The van der Waals surface area contributed by atoms with Gasteiger partial charge in [-0.25, -0.2) is 4.79 Å². The first-order chi connectivity index (χ1) is 8.45. The van der Waals surface area contributed by atoms with Gasteiger partial charge in [0.2, 0.25) is 0 Å². The highest BCUT2D eigenvalue weighted by Gasteiger charge is 2.41. The Morgan fingerprint density at radius 1 is 1.39 bits per heavy atom. The van der Waals surface area contributed by atoms with Gasteiger partial charge in [-0.1, -0.05) is 6.07 Å². The van der Waals surface area contributed by atoms with Crippen LogP contribution < -0.4 is 10.6 Å². The number of ether oxygens (including phenoxy) is 1. The summed E-state index contributed by atoms with van der Waals surface area (Å²) >= 11 is 0. The number of anilines is 1. The number of amides is 1. The van der Waals surface area contributed by atoms with Crippen LogP contribution in [-0.2, 0) is 4.74 Å². The smallest absolute Gasteiger partial charge is 0.415 e. The van der Waals surface area contributed by atoms with E-state index in [0.29, 0.717) is 19.5 Å². The second-order valence-corrected chi connectivity index (χ2v) is 5.21. The van der Waals surface area contributed by atoms with Gasteiger partial charge in [0.05, 0.1) is 6.54 Å². The van der Waals surface area contributed by atoms with Crippen molar-refractivity contribution in [2.24, 2.45) is 5.73 Å². The Bertz CT molecular complexity index is 473. The number of carbonyl (C=O) groups excluding carboxylic acids is 1. The Morgan fingerprint density at radius 3 is 2.72 bits per heavy atom. The minimum atomic E-state index is -0.468. The van der Waals surface area contributed by atoms with Gasteiger partial charge in [-0.05, 0) is 50.6 Å². The quantitative estimate of drug-likeness (QED) is 0.893. The average molecular weight is 248 g/mol. The van der Waals surface area contributed by atoms with E-state index in [-0.39, 0.29) is 6.09 Å². The molecule has 98 valence electrons. The van der Waals surface area contributed by atoms with Crippen molar-refractivity contribution in [2.45, 2.75) is 32.8 Å². The highest BCUT2D eigenvalue weighted by atomic mass is 16.6. The van der Waals surface area contributed by atoms with E-state index in [4.69, 9.17) is 10.5 Å². The number of cyclic esters (lactones) is 1. The van der Waals surface area contributed by atoms with Crippen molar-refractivity contribution in [1.29, 1.82) is 0 Å². The lowest BCUT2D eigenvalue weighted by Gasteiger charge is -2.20. The number of aryl methyl sites for hydroxylation is 2. The number of hydrogen-bond acceptors (Lipinski definition) is 3. The third-order valence-corrected chi connectivity index (χ3v) is 3.52. The molecular formula is C14H20N2O2. The molecule has 18 heavy (non-hydrogen) atoms. The summed E-state index contributed by atoms with van der Waals surface area (Å²) < 4.78 is 5.43. The first-order valence-corrected chi connectivity index (χ1v) is 6.23. The largest absolute Gasteiger partial charge is 0.441 e. The Balaban J connectivity index is 2.24. The third kappa shape index (κ3) is 2.34. The average Bonchev–Trinajstić information content (AvgIpc) is 2.59. The Hall–Kier alpha value is -1.55. The topological polar surface area (TPSA) is 55.6 Å². The molecule has 0 aliphatic carbocycles. The van der Waals surface area contributed by atoms with Gasteiger partial charge in [0, 0.05) is 12.1 Å². The van der Waals surface area contributed by atoms with Gasteiger partial charge < -0.3 is 10.5 Å². The Morgan fingerprint density at radius 2 is 2.11 bits per heavy atom. The second-order valence-electron chi connectivity index (χ2n) is 5.21. The minimum absolute atomic E-state index is 0.283. The molecule has 4 heteroatoms. The monoisotopic (exact) mass is 248 g/mol. The molecular weight excluding hydrogens is 228 g/mol. The maximum absolute atomic E-state index is 11.9. The van der Waals surface area contributed by atoms with Gasteiger partial charge in [0.15, 0.2) is 0 Å². The van der Waals surface area contributed by atoms with Crippen LogP contribution in [0.2, 0.25) is 0 Å². The zero-order valence-electron chi connectivity index (χ0n) is 11.2. The molecule has 1 aliphatic rings. The molecule has 0 spiro atoms. The fourth-order valence-corrected chi connectivity index (χ4v) is 2.22. The fourth-order valence-electron chi connectivity index (χ4n) is 2.22. The summed E-state index contributed by atoms with van der Waals surface area (Å²) in [6.45, 7) is 7.11. The van der Waals surface area contributed by atoms with Gasteiger partial charge in [-0.3, -0.25) is 4.90 Å². The van der Waals surface area contributed by atoms with Crippen LogP contribution in [-0.4, -0.2) is 24.8 Å². The molecule has 1 aromatic rings. The number of rotatable bonds is 3. The molecule has 2 rings (SSSR count). The van der Waals surface area contributed by atoms with Crippen LogP contribution >= 0.6 is 0 Å². The van der Waals surface area contributed by atoms with Crippen LogP contribution in [0.5, 0.6) is 0 Å². The van der Waals surface area contributed by atoms with Crippen LogP contribution in [0.1, 0.15) is 24.5 Å². The van der Waals surface area contributed by atoms with E-state index in [1.807, 2.05) is 32.0 Å². The molecule has 1 aliphatic heterocycles. The Kier molecular flexibility index (Phi) is 3.30. The predicted octanol–water partition coefficient (Wildman–Crippen LogP) is 2.37. The standard InChI is InChI=1S/C14H20N2O2/c1-10-4-5-12(8-11(10)2)16-9-14(3,6-7-15)18-13(16)17/h4-5,8H,6-7,9,15H2,1-3H3. The van der Waals surface area contributed by atoms with E-state index in [2.05, 4.69) is 6.92 Å². The molecule has 0 bridgehead atoms. The minimum Gasteiger partial charge on any atom is -0.441 e. The van der Waals surface area contributed by atoms with Crippen LogP contribution in [0.3, 0.4) is 0 Å². The lowest BCUT2D eigenvalue weighted by molar-refractivity contribution is 0.0672. The van der Waals surface area contributed by atoms with Gasteiger partial charge >= 0.3 is 6.09 Å². The van der Waals surface area contributed by atoms with Crippen molar-refractivity contribution in [1.82, 2.24) is 0 Å². The van der Waals surface area contributed by atoms with E-state index < -0.39 is 5.60 Å². The lowest BCUT2D eigenvalue weighted by Crippen LogP contribution is -2.33. The normalized spacial score (nSPS) is 23.3. The van der Waals surface area contributed by atoms with E-state index in [1.165, 1.54) is 11.1 Å². The number of nitrogens with two attached hydrogens (primary N) is 1. The highest BCUT2D eigenvalue weighted by Crippen LogP contribution is 2.30. The fraction of sp³-hybridized carbons (Fsp3) is 0.500. The SMILES string of the molecule is Cc1ccc(N2CC(C)(CCN)OC2=O)cc1C. The molecule has 1 aromatic carbocycles. The third-order valence-electron chi connectivity index (χ3n) is 3.52. The van der Waals surface area contributed by atoms with Crippen molar-refractivity contribution < 1.29 is 9.53 Å². The molecule has 1 atom stereocenters. The summed E-state index contributed by atoms with van der Waals surface area (Å²) in [5.74, 6) is 0. The summed E-state index contributed by atoms with van der Waals surface area (Å²) in [4.78, 5) is 13.6. The molecule has 0 radical (unpaired) electrons. The summed E-state index contributed by atoms with van der Waals surface area (Å²) in [5.41, 5.74) is 8.37. The van der Waals surface area contributed by atoms with Gasteiger partial charge in [-0.2, -0.15) is 0 Å². The maximum atomic E-state index is 11.9. The first kappa shape index (κ1) is 12.9. The van der Waals surface area contributed by atoms with Crippen LogP contribution in [0.25, 0.3) is 0 Å². The van der Waals surface area contributed by atoms with E-state index in [0.717, 1.165) is 5.69 Å². The second kappa shape index (κ2) is 4.61. The lowest BCUT2D eigenvalue weighted by atomic mass is 10.0. The van der Waals surface area contributed by atoms with Crippen molar-refractivity contribution in [2.75, 3.05) is 18.0 Å². The molecule has 2 N–H and O–H groups in total. The van der Waals surface area contributed by atoms with E-state index in [1.54, 1.807) is 4.90 Å².